The van der Waals surface area contributed by atoms with Gasteiger partial charge in [0, 0.05) is 5.56 Å². The van der Waals surface area contributed by atoms with Crippen molar-refractivity contribution in [1.82, 2.24) is 0 Å². The summed E-state index contributed by atoms with van der Waals surface area (Å²) in [7, 11) is 0. The molecule has 1 aliphatic carbocycles. The van der Waals surface area contributed by atoms with Gasteiger partial charge in [0.2, 0.25) is 0 Å². The van der Waals surface area contributed by atoms with Gasteiger partial charge >= 0.3 is 6.18 Å². The Morgan fingerprint density at radius 3 is 2.38 bits per heavy atom. The molecule has 0 aromatic heterocycles. The van der Waals surface area contributed by atoms with Crippen LogP contribution in [0.2, 0.25) is 0 Å². The fourth-order valence-corrected chi connectivity index (χ4v) is 3.13. The SMILES string of the molecule is CC1CCC(C(O)c2cccc(C(F)(F)F)c2F)CC1C. The summed E-state index contributed by atoms with van der Waals surface area (Å²) >= 11 is 0. The van der Waals surface area contributed by atoms with Crippen molar-refractivity contribution in [3.05, 3.63) is 35.1 Å². The molecule has 1 aliphatic rings. The van der Waals surface area contributed by atoms with Crippen LogP contribution >= 0.6 is 0 Å². The molecule has 21 heavy (non-hydrogen) atoms. The molecule has 1 N–H and O–H groups in total. The highest BCUT2D eigenvalue weighted by atomic mass is 19.4. The van der Waals surface area contributed by atoms with Crippen molar-refractivity contribution >= 4 is 0 Å². The standard InChI is InChI=1S/C16H20F4O/c1-9-6-7-11(8-10(9)2)15(21)12-4-3-5-13(14(12)17)16(18,19)20/h3-5,9-11,15,21H,6-8H2,1-2H3. The van der Waals surface area contributed by atoms with Crippen LogP contribution < -0.4 is 0 Å². The van der Waals surface area contributed by atoms with Gasteiger partial charge in [-0.1, -0.05) is 32.4 Å². The summed E-state index contributed by atoms with van der Waals surface area (Å²) in [6, 6.07) is 3.11. The maximum atomic E-state index is 14.1. The van der Waals surface area contributed by atoms with E-state index in [4.69, 9.17) is 0 Å². The number of hydrogen-bond acceptors (Lipinski definition) is 1. The van der Waals surface area contributed by atoms with Crippen molar-refractivity contribution in [1.29, 1.82) is 0 Å². The highest BCUT2D eigenvalue weighted by molar-refractivity contribution is 5.30. The van der Waals surface area contributed by atoms with E-state index < -0.39 is 23.7 Å². The van der Waals surface area contributed by atoms with Gasteiger partial charge < -0.3 is 5.11 Å². The maximum Gasteiger partial charge on any atom is 0.419 e. The van der Waals surface area contributed by atoms with Crippen molar-refractivity contribution in [2.45, 2.75) is 45.4 Å². The first-order chi connectivity index (χ1) is 9.71. The van der Waals surface area contributed by atoms with Gasteiger partial charge in [-0.05, 0) is 36.7 Å². The molecule has 1 fully saturated rings. The van der Waals surface area contributed by atoms with Crippen molar-refractivity contribution in [3.63, 3.8) is 0 Å². The van der Waals surface area contributed by atoms with Crippen molar-refractivity contribution in [2.75, 3.05) is 0 Å². The van der Waals surface area contributed by atoms with Crippen molar-refractivity contribution in [2.24, 2.45) is 17.8 Å². The average molecular weight is 304 g/mol. The molecule has 0 bridgehead atoms. The summed E-state index contributed by atoms with van der Waals surface area (Å²) in [5.74, 6) is -0.620. The molecule has 0 amide bonds. The summed E-state index contributed by atoms with van der Waals surface area (Å²) in [5.41, 5.74) is -1.55. The predicted molar refractivity (Wildman–Crippen MR) is 72.0 cm³/mol. The van der Waals surface area contributed by atoms with E-state index in [0.29, 0.717) is 30.7 Å². The first-order valence-electron chi connectivity index (χ1n) is 7.25. The van der Waals surface area contributed by atoms with E-state index in [1.54, 1.807) is 0 Å². The van der Waals surface area contributed by atoms with E-state index >= 15 is 0 Å². The number of aliphatic hydroxyl groups excluding tert-OH is 1. The normalized spacial score (nSPS) is 28.4. The zero-order chi connectivity index (χ0) is 15.8. The van der Waals surface area contributed by atoms with E-state index in [9.17, 15) is 22.7 Å². The number of rotatable bonds is 2. The summed E-state index contributed by atoms with van der Waals surface area (Å²) < 4.78 is 52.2. The van der Waals surface area contributed by atoms with E-state index in [2.05, 4.69) is 13.8 Å². The molecule has 1 aromatic carbocycles. The summed E-state index contributed by atoms with van der Waals surface area (Å²) in [6.45, 7) is 4.18. The van der Waals surface area contributed by atoms with E-state index in [1.165, 1.54) is 6.07 Å². The van der Waals surface area contributed by atoms with Gasteiger partial charge in [0.15, 0.2) is 0 Å². The molecule has 0 radical (unpaired) electrons. The maximum absolute atomic E-state index is 14.1. The molecule has 1 nitrogen and oxygen atoms in total. The van der Waals surface area contributed by atoms with Crippen LogP contribution in [0.3, 0.4) is 0 Å². The first kappa shape index (κ1) is 16.3. The Morgan fingerprint density at radius 2 is 1.81 bits per heavy atom. The molecule has 0 spiro atoms. The van der Waals surface area contributed by atoms with Crippen LogP contribution in [0.15, 0.2) is 18.2 Å². The van der Waals surface area contributed by atoms with Crippen LogP contribution in [0.4, 0.5) is 17.6 Å². The third-order valence-electron chi connectivity index (χ3n) is 4.74. The number of hydrogen-bond donors (Lipinski definition) is 1. The van der Waals surface area contributed by atoms with Gasteiger partial charge in [-0.25, -0.2) is 4.39 Å². The van der Waals surface area contributed by atoms with Gasteiger partial charge in [-0.3, -0.25) is 0 Å². The highest BCUT2D eigenvalue weighted by Crippen LogP contribution is 2.42. The molecule has 0 saturated heterocycles. The second-order valence-electron chi connectivity index (χ2n) is 6.18. The van der Waals surface area contributed by atoms with Crippen LogP contribution in [0.5, 0.6) is 0 Å². The first-order valence-corrected chi connectivity index (χ1v) is 7.25. The Labute approximate surface area is 122 Å². The Bertz CT molecular complexity index is 498. The fraction of sp³-hybridized carbons (Fsp3) is 0.625. The molecular formula is C16H20F4O. The number of benzene rings is 1. The fourth-order valence-electron chi connectivity index (χ4n) is 3.13. The Morgan fingerprint density at radius 1 is 1.14 bits per heavy atom. The molecule has 4 atom stereocenters. The smallest absolute Gasteiger partial charge is 0.388 e. The predicted octanol–water partition coefficient (Wildman–Crippen LogP) is 4.95. The molecular weight excluding hydrogens is 284 g/mol. The largest absolute Gasteiger partial charge is 0.419 e. The van der Waals surface area contributed by atoms with Gasteiger partial charge in [0.05, 0.1) is 11.7 Å². The summed E-state index contributed by atoms with van der Waals surface area (Å²) in [5, 5.41) is 10.3. The average Bonchev–Trinajstić information content (AvgIpc) is 2.40. The zero-order valence-electron chi connectivity index (χ0n) is 12.1. The van der Waals surface area contributed by atoms with Crippen molar-refractivity contribution in [3.8, 4) is 0 Å². The minimum absolute atomic E-state index is 0.186. The summed E-state index contributed by atoms with van der Waals surface area (Å²) in [4.78, 5) is 0. The quantitative estimate of drug-likeness (QED) is 0.766. The van der Waals surface area contributed by atoms with Gasteiger partial charge in [0.25, 0.3) is 0 Å². The van der Waals surface area contributed by atoms with Gasteiger partial charge in [-0.2, -0.15) is 13.2 Å². The van der Waals surface area contributed by atoms with Crippen molar-refractivity contribution < 1.29 is 22.7 Å². The molecule has 0 aliphatic heterocycles. The monoisotopic (exact) mass is 304 g/mol. The third kappa shape index (κ3) is 3.39. The van der Waals surface area contributed by atoms with Crippen LogP contribution in [-0.4, -0.2) is 5.11 Å². The molecule has 0 heterocycles. The lowest BCUT2D eigenvalue weighted by Crippen LogP contribution is -2.26. The topological polar surface area (TPSA) is 20.2 Å². The summed E-state index contributed by atoms with van der Waals surface area (Å²) in [6.07, 6.45) is -3.60. The lowest BCUT2D eigenvalue weighted by Gasteiger charge is -2.35. The molecule has 118 valence electrons. The second-order valence-corrected chi connectivity index (χ2v) is 6.18. The van der Waals surface area contributed by atoms with Crippen LogP contribution in [0, 0.1) is 23.6 Å². The zero-order valence-corrected chi connectivity index (χ0v) is 12.1. The van der Waals surface area contributed by atoms with E-state index in [0.717, 1.165) is 12.5 Å². The van der Waals surface area contributed by atoms with E-state index in [-0.39, 0.29) is 11.5 Å². The number of alkyl halides is 3. The molecule has 1 saturated carbocycles. The van der Waals surface area contributed by atoms with Crippen LogP contribution in [0.25, 0.3) is 0 Å². The van der Waals surface area contributed by atoms with Crippen LogP contribution in [0.1, 0.15) is 50.3 Å². The van der Waals surface area contributed by atoms with E-state index in [1.807, 2.05) is 0 Å². The Balaban J connectivity index is 2.26. The second kappa shape index (κ2) is 5.95. The third-order valence-corrected chi connectivity index (χ3v) is 4.74. The lowest BCUT2D eigenvalue weighted by molar-refractivity contribution is -0.140. The minimum atomic E-state index is -4.74. The lowest BCUT2D eigenvalue weighted by atomic mass is 9.73. The molecule has 4 unspecified atom stereocenters. The minimum Gasteiger partial charge on any atom is -0.388 e. The Hall–Kier alpha value is -1.10. The van der Waals surface area contributed by atoms with Crippen LogP contribution in [-0.2, 0) is 6.18 Å². The molecule has 5 heteroatoms. The molecule has 1 aromatic rings. The molecule has 2 rings (SSSR count). The van der Waals surface area contributed by atoms with Gasteiger partial charge in [-0.15, -0.1) is 0 Å². The highest BCUT2D eigenvalue weighted by Gasteiger charge is 2.37. The van der Waals surface area contributed by atoms with Gasteiger partial charge in [0.1, 0.15) is 5.82 Å². The number of halogens is 4. The number of aliphatic hydroxyl groups is 1. The Kier molecular flexibility index (Phi) is 4.61.